The molecule has 8 heteroatoms. The van der Waals surface area contributed by atoms with Gasteiger partial charge in [-0.3, -0.25) is 5.43 Å². The van der Waals surface area contributed by atoms with E-state index in [-0.39, 0.29) is 0 Å². The van der Waals surface area contributed by atoms with Gasteiger partial charge in [-0.1, -0.05) is 29.3 Å². The molecule has 0 radical (unpaired) electrons. The Balaban J connectivity index is 2.27. The van der Waals surface area contributed by atoms with E-state index in [9.17, 15) is 4.79 Å². The van der Waals surface area contributed by atoms with E-state index in [4.69, 9.17) is 28.3 Å². The molecule has 3 N–H and O–H groups in total. The van der Waals surface area contributed by atoms with Crippen LogP contribution >= 0.6 is 23.2 Å². The number of hydrogen-bond donors (Lipinski definition) is 3. The average molecular weight is 299 g/mol. The minimum atomic E-state index is -1.21. The molecule has 19 heavy (non-hydrogen) atoms. The topological polar surface area (TPSA) is 87.1 Å². The van der Waals surface area contributed by atoms with Crippen molar-refractivity contribution in [1.29, 1.82) is 0 Å². The molecule has 0 saturated heterocycles. The van der Waals surface area contributed by atoms with Crippen LogP contribution in [0.3, 0.4) is 0 Å². The van der Waals surface area contributed by atoms with Crippen molar-refractivity contribution >= 4 is 35.1 Å². The van der Waals surface area contributed by atoms with Gasteiger partial charge in [0.25, 0.3) is 0 Å². The Morgan fingerprint density at radius 1 is 1.16 bits per heavy atom. The normalized spacial score (nSPS) is 10.0. The lowest BCUT2D eigenvalue weighted by molar-refractivity contribution is 0.197. The Kier molecular flexibility index (Phi) is 4.03. The van der Waals surface area contributed by atoms with Crippen LogP contribution in [0.15, 0.2) is 30.6 Å². The lowest BCUT2D eigenvalue weighted by atomic mass is 10.1. The van der Waals surface area contributed by atoms with Crippen LogP contribution in [0.1, 0.15) is 0 Å². The third-order valence-electron chi connectivity index (χ3n) is 2.18. The van der Waals surface area contributed by atoms with Crippen molar-refractivity contribution in [3.05, 3.63) is 40.6 Å². The van der Waals surface area contributed by atoms with Crippen LogP contribution < -0.4 is 10.9 Å². The van der Waals surface area contributed by atoms with Crippen LogP contribution in [0.5, 0.6) is 0 Å². The first-order valence-corrected chi connectivity index (χ1v) is 5.84. The predicted octanol–water partition coefficient (Wildman–Crippen LogP) is 3.04. The molecule has 0 aliphatic heterocycles. The summed E-state index contributed by atoms with van der Waals surface area (Å²) in [6, 6.07) is 6.66. The van der Waals surface area contributed by atoms with Gasteiger partial charge < -0.3 is 5.11 Å². The third-order valence-corrected chi connectivity index (χ3v) is 2.92. The first-order valence-electron chi connectivity index (χ1n) is 5.08. The fourth-order valence-corrected chi connectivity index (χ4v) is 1.65. The molecule has 0 atom stereocenters. The summed E-state index contributed by atoms with van der Waals surface area (Å²) in [5, 5.41) is 9.34. The first kappa shape index (κ1) is 13.4. The van der Waals surface area contributed by atoms with Gasteiger partial charge in [0, 0.05) is 11.6 Å². The van der Waals surface area contributed by atoms with Crippen molar-refractivity contribution in [3.8, 4) is 11.3 Å². The minimum absolute atomic E-state index is 0.318. The standard InChI is InChI=1S/C11H8Cl2N4O2/c12-7-2-1-6(3-8(7)13)9-4-10(15-5-14-9)16-17-11(18)19/h1-5,17H,(H,18,19)(H,14,15,16). The summed E-state index contributed by atoms with van der Waals surface area (Å²) in [5.41, 5.74) is 5.74. The van der Waals surface area contributed by atoms with Crippen molar-refractivity contribution in [2.45, 2.75) is 0 Å². The SMILES string of the molecule is O=C(O)NNc1cc(-c2ccc(Cl)c(Cl)c2)ncn1. The van der Waals surface area contributed by atoms with Crippen molar-refractivity contribution < 1.29 is 9.90 Å². The molecule has 1 heterocycles. The van der Waals surface area contributed by atoms with E-state index >= 15 is 0 Å². The largest absolute Gasteiger partial charge is 0.464 e. The molecule has 0 unspecified atom stereocenters. The molecule has 0 bridgehead atoms. The molecule has 1 aromatic carbocycles. The summed E-state index contributed by atoms with van der Waals surface area (Å²) in [4.78, 5) is 18.3. The molecule has 1 amide bonds. The van der Waals surface area contributed by atoms with Crippen LogP contribution in [-0.2, 0) is 0 Å². The van der Waals surface area contributed by atoms with Gasteiger partial charge in [0.05, 0.1) is 15.7 Å². The number of aromatic nitrogens is 2. The van der Waals surface area contributed by atoms with E-state index in [2.05, 4.69) is 15.4 Å². The number of amides is 1. The van der Waals surface area contributed by atoms with Crippen LogP contribution in [0.25, 0.3) is 11.3 Å². The Morgan fingerprint density at radius 3 is 2.63 bits per heavy atom. The highest BCUT2D eigenvalue weighted by molar-refractivity contribution is 6.42. The Bertz CT molecular complexity index is 621. The van der Waals surface area contributed by atoms with E-state index in [1.807, 2.05) is 5.43 Å². The van der Waals surface area contributed by atoms with E-state index in [1.165, 1.54) is 6.33 Å². The van der Waals surface area contributed by atoms with Gasteiger partial charge in [0.1, 0.15) is 12.1 Å². The average Bonchev–Trinajstić information content (AvgIpc) is 2.40. The summed E-state index contributed by atoms with van der Waals surface area (Å²) in [7, 11) is 0. The molecule has 0 aliphatic rings. The van der Waals surface area contributed by atoms with Gasteiger partial charge in [-0.2, -0.15) is 0 Å². The molecular weight excluding hydrogens is 291 g/mol. The van der Waals surface area contributed by atoms with E-state index < -0.39 is 6.09 Å². The summed E-state index contributed by atoms with van der Waals surface area (Å²) in [5.74, 6) is 0.318. The van der Waals surface area contributed by atoms with Crippen molar-refractivity contribution in [3.63, 3.8) is 0 Å². The monoisotopic (exact) mass is 298 g/mol. The molecule has 2 aromatic rings. The van der Waals surface area contributed by atoms with Gasteiger partial charge in [0.2, 0.25) is 0 Å². The number of halogens is 2. The Morgan fingerprint density at radius 2 is 1.95 bits per heavy atom. The number of rotatable bonds is 3. The second-order valence-electron chi connectivity index (χ2n) is 3.47. The number of benzene rings is 1. The molecule has 2 rings (SSSR count). The highest BCUT2D eigenvalue weighted by Gasteiger charge is 2.05. The number of anilines is 1. The Hall–Kier alpha value is -2.05. The Labute approximate surface area is 118 Å². The van der Waals surface area contributed by atoms with E-state index in [1.54, 1.807) is 24.3 Å². The van der Waals surface area contributed by atoms with Crippen LogP contribution in [0, 0.1) is 0 Å². The van der Waals surface area contributed by atoms with Gasteiger partial charge in [0.15, 0.2) is 0 Å². The molecule has 1 aromatic heterocycles. The maximum Gasteiger partial charge on any atom is 0.423 e. The summed E-state index contributed by atoms with van der Waals surface area (Å²) in [6.45, 7) is 0. The smallest absolute Gasteiger partial charge is 0.423 e. The predicted molar refractivity (Wildman–Crippen MR) is 72.3 cm³/mol. The van der Waals surface area contributed by atoms with Crippen molar-refractivity contribution in [2.75, 3.05) is 5.43 Å². The zero-order chi connectivity index (χ0) is 13.8. The number of carbonyl (C=O) groups is 1. The number of nitrogens with zero attached hydrogens (tertiary/aromatic N) is 2. The second kappa shape index (κ2) is 5.73. The zero-order valence-electron chi connectivity index (χ0n) is 9.39. The maximum atomic E-state index is 10.4. The molecule has 98 valence electrons. The van der Waals surface area contributed by atoms with E-state index in [0.717, 1.165) is 5.56 Å². The molecule has 0 fully saturated rings. The fraction of sp³-hybridized carbons (Fsp3) is 0. The van der Waals surface area contributed by atoms with Crippen LogP contribution in [0.2, 0.25) is 10.0 Å². The molecule has 6 nitrogen and oxygen atoms in total. The quantitative estimate of drug-likeness (QED) is 0.758. The molecule has 0 saturated carbocycles. The first-order chi connectivity index (χ1) is 9.06. The van der Waals surface area contributed by atoms with Gasteiger partial charge in [-0.05, 0) is 12.1 Å². The van der Waals surface area contributed by atoms with Crippen molar-refractivity contribution in [2.24, 2.45) is 0 Å². The van der Waals surface area contributed by atoms with Gasteiger partial charge in [-0.15, -0.1) is 0 Å². The number of carboxylic acid groups (broad SMARTS) is 1. The molecule has 0 aliphatic carbocycles. The van der Waals surface area contributed by atoms with Crippen LogP contribution in [0.4, 0.5) is 10.6 Å². The number of nitrogens with one attached hydrogen (secondary N) is 2. The second-order valence-corrected chi connectivity index (χ2v) is 4.29. The third kappa shape index (κ3) is 3.46. The minimum Gasteiger partial charge on any atom is -0.464 e. The van der Waals surface area contributed by atoms with Crippen LogP contribution in [-0.4, -0.2) is 21.2 Å². The summed E-state index contributed by atoms with van der Waals surface area (Å²) >= 11 is 11.8. The zero-order valence-corrected chi connectivity index (χ0v) is 10.9. The fourth-order valence-electron chi connectivity index (χ4n) is 1.36. The summed E-state index contributed by atoms with van der Waals surface area (Å²) < 4.78 is 0. The summed E-state index contributed by atoms with van der Waals surface area (Å²) in [6.07, 6.45) is 0.0960. The van der Waals surface area contributed by atoms with E-state index in [0.29, 0.717) is 21.6 Å². The maximum absolute atomic E-state index is 10.4. The highest BCUT2D eigenvalue weighted by Crippen LogP contribution is 2.27. The lowest BCUT2D eigenvalue weighted by Gasteiger charge is -2.06. The lowest BCUT2D eigenvalue weighted by Crippen LogP contribution is -2.27. The van der Waals surface area contributed by atoms with Crippen molar-refractivity contribution in [1.82, 2.24) is 15.4 Å². The number of hydrogen-bond acceptors (Lipinski definition) is 4. The molecule has 0 spiro atoms. The highest BCUT2D eigenvalue weighted by atomic mass is 35.5. The van der Waals surface area contributed by atoms with Gasteiger partial charge in [-0.25, -0.2) is 20.2 Å². The number of hydrazine groups is 1. The van der Waals surface area contributed by atoms with Gasteiger partial charge >= 0.3 is 6.09 Å². The molecular formula is C11H8Cl2N4O2.